The first-order valence-corrected chi connectivity index (χ1v) is 29.5. The molecule has 410 valence electrons. The number of rotatable bonds is 16. The molecule has 13 rings (SSSR count). The second kappa shape index (κ2) is 25.2. The van der Waals surface area contributed by atoms with Crippen LogP contribution in [-0.2, 0) is 0 Å². The fraction of sp³-hybridized carbons (Fsp3) is 0.0238. The van der Waals surface area contributed by atoms with Gasteiger partial charge in [-0.2, -0.15) is 0 Å². The van der Waals surface area contributed by atoms with Gasteiger partial charge in [0.15, 0.2) is 0 Å². The maximum atomic E-state index is 2.33. The van der Waals surface area contributed by atoms with Gasteiger partial charge in [0.25, 0.3) is 0 Å². The van der Waals surface area contributed by atoms with Gasteiger partial charge in [-0.15, -0.1) is 0 Å². The van der Waals surface area contributed by atoms with E-state index < -0.39 is 0 Å². The first-order chi connectivity index (χ1) is 42.4. The van der Waals surface area contributed by atoms with E-state index in [2.05, 4.69) is 376 Å². The van der Waals surface area contributed by atoms with Crippen LogP contribution in [0.25, 0.3) is 69.1 Å². The zero-order valence-corrected chi connectivity index (χ0v) is 48.4. The van der Waals surface area contributed by atoms with Gasteiger partial charge >= 0.3 is 0 Å². The van der Waals surface area contributed by atoms with E-state index >= 15 is 0 Å². The maximum absolute atomic E-state index is 2.33. The number of anilines is 6. The van der Waals surface area contributed by atoms with Crippen molar-refractivity contribution in [3.8, 4) is 0 Å². The van der Waals surface area contributed by atoms with Crippen molar-refractivity contribution in [3.05, 3.63) is 382 Å². The highest BCUT2D eigenvalue weighted by atomic mass is 15.1. The van der Waals surface area contributed by atoms with Gasteiger partial charge in [-0.25, -0.2) is 0 Å². The number of nitrogens with zero attached hydrogens (tertiary/aromatic N) is 2. The lowest BCUT2D eigenvalue weighted by Gasteiger charge is -2.26. The summed E-state index contributed by atoms with van der Waals surface area (Å²) < 4.78 is 0. The van der Waals surface area contributed by atoms with Gasteiger partial charge in [-0.05, 0) is 199 Å². The maximum Gasteiger partial charge on any atom is 0.0462 e. The van der Waals surface area contributed by atoms with Gasteiger partial charge in [0.05, 0.1) is 0 Å². The Kier molecular flexibility index (Phi) is 15.9. The van der Waals surface area contributed by atoms with E-state index in [1.54, 1.807) is 0 Å². The van der Waals surface area contributed by atoms with E-state index in [1.165, 1.54) is 66.1 Å². The number of hydrogen-bond donors (Lipinski definition) is 0. The Balaban J connectivity index is 0.728. The summed E-state index contributed by atoms with van der Waals surface area (Å²) in [5.41, 5.74) is 22.9. The van der Waals surface area contributed by atoms with Crippen molar-refractivity contribution >= 4 is 103 Å². The molecular weight excluding hydrogens is 1040 g/mol. The molecule has 0 spiro atoms. The Morgan fingerprint density at radius 2 is 0.523 bits per heavy atom. The van der Waals surface area contributed by atoms with Gasteiger partial charge in [0.1, 0.15) is 0 Å². The smallest absolute Gasteiger partial charge is 0.0462 e. The minimum Gasteiger partial charge on any atom is -0.311 e. The average Bonchev–Trinajstić information content (AvgIpc) is 2.58. The molecule has 0 saturated heterocycles. The SMILES string of the molecule is Cc1ccc(N(c2ccc(C=Cc3ccccc3C=Cc3ccc(N(c4ccc(C)cc4)c4ccc(C=C(c5ccccc5)c5ccc6ccccc6c5)cc4)cc3)cc2)c2ccc(C=C(c3ccccc3)c3ccc4ccccc4c3)cc2)cc1. The minimum atomic E-state index is 1.09. The summed E-state index contributed by atoms with van der Waals surface area (Å²) in [6.45, 7) is 4.27. The van der Waals surface area contributed by atoms with Gasteiger partial charge < -0.3 is 9.80 Å². The standard InChI is InChI=1S/C84H64N2/c1-61-25-45-77(46-26-61)85(81-53-35-65(36-54-81)57-83(71-19-5-3-6-20-71)75-43-41-69-17-11-13-23-73(69)59-75)79-49-31-63(32-50-79)29-39-67-15-9-10-16-68(67)40-30-64-33-51-80(52-34-64)86(78-47-27-62(2)28-48-78)82-55-37-66(38-56-82)58-84(72-21-7-4-8-22-72)76-44-42-70-18-12-14-24-74(70)60-76/h3-60H,1-2H3. The van der Waals surface area contributed by atoms with Crippen molar-refractivity contribution in [2.45, 2.75) is 13.8 Å². The molecule has 0 fully saturated rings. The summed E-state index contributed by atoms with van der Waals surface area (Å²) in [6.07, 6.45) is 13.5. The Labute approximate surface area is 506 Å². The highest BCUT2D eigenvalue weighted by molar-refractivity contribution is 5.97. The molecule has 0 radical (unpaired) electrons. The van der Waals surface area contributed by atoms with E-state index in [-0.39, 0.29) is 0 Å². The van der Waals surface area contributed by atoms with Crippen LogP contribution in [0.5, 0.6) is 0 Å². The van der Waals surface area contributed by atoms with Crippen LogP contribution >= 0.6 is 0 Å². The molecule has 0 heterocycles. The van der Waals surface area contributed by atoms with Crippen LogP contribution in [0.1, 0.15) is 66.8 Å². The van der Waals surface area contributed by atoms with Crippen molar-refractivity contribution in [2.24, 2.45) is 0 Å². The van der Waals surface area contributed by atoms with Gasteiger partial charge in [-0.1, -0.05) is 266 Å². The van der Waals surface area contributed by atoms with Crippen molar-refractivity contribution in [1.82, 2.24) is 0 Å². The first-order valence-electron chi connectivity index (χ1n) is 29.5. The summed E-state index contributed by atoms with van der Waals surface area (Å²) in [4.78, 5) is 4.67. The van der Waals surface area contributed by atoms with E-state index in [0.717, 1.165) is 67.5 Å². The molecule has 86 heavy (non-hydrogen) atoms. The molecule has 0 aromatic heterocycles. The average molecular weight is 1100 g/mol. The molecule has 2 nitrogen and oxygen atoms in total. The summed E-state index contributed by atoms with van der Waals surface area (Å²) in [5, 5.41) is 4.94. The molecule has 2 heteroatoms. The molecule has 0 aliphatic rings. The van der Waals surface area contributed by atoms with Crippen LogP contribution in [0.15, 0.2) is 315 Å². The third-order valence-corrected chi connectivity index (χ3v) is 16.0. The van der Waals surface area contributed by atoms with Gasteiger partial charge in [0, 0.05) is 34.1 Å². The van der Waals surface area contributed by atoms with Crippen molar-refractivity contribution in [2.75, 3.05) is 9.80 Å². The van der Waals surface area contributed by atoms with Crippen LogP contribution in [0.3, 0.4) is 0 Å². The first kappa shape index (κ1) is 54.2. The van der Waals surface area contributed by atoms with Gasteiger partial charge in [0.2, 0.25) is 0 Å². The topological polar surface area (TPSA) is 6.48 Å². The lowest BCUT2D eigenvalue weighted by Crippen LogP contribution is -2.09. The van der Waals surface area contributed by atoms with Crippen LogP contribution < -0.4 is 9.80 Å². The zero-order valence-electron chi connectivity index (χ0n) is 48.4. The third kappa shape index (κ3) is 12.5. The zero-order chi connectivity index (χ0) is 58.0. The number of benzene rings is 13. The fourth-order valence-electron chi connectivity index (χ4n) is 11.3. The predicted octanol–water partition coefficient (Wildman–Crippen LogP) is 23.1. The van der Waals surface area contributed by atoms with Crippen molar-refractivity contribution in [3.63, 3.8) is 0 Å². The summed E-state index contributed by atoms with van der Waals surface area (Å²) >= 11 is 0. The molecule has 0 unspecified atom stereocenters. The molecule has 0 aliphatic heterocycles. The lowest BCUT2D eigenvalue weighted by atomic mass is 9.94. The van der Waals surface area contributed by atoms with Crippen LogP contribution in [-0.4, -0.2) is 0 Å². The van der Waals surface area contributed by atoms with E-state index in [4.69, 9.17) is 0 Å². The third-order valence-electron chi connectivity index (χ3n) is 16.0. The summed E-state index contributed by atoms with van der Waals surface area (Å²) in [6, 6.07) is 114. The quantitative estimate of drug-likeness (QED) is 0.0890. The fourth-order valence-corrected chi connectivity index (χ4v) is 11.3. The van der Waals surface area contributed by atoms with E-state index in [0.29, 0.717) is 0 Å². The molecule has 0 N–H and O–H groups in total. The molecular formula is C84H64N2. The molecule has 0 saturated carbocycles. The summed E-state index contributed by atoms with van der Waals surface area (Å²) in [7, 11) is 0. The van der Waals surface area contributed by atoms with Gasteiger partial charge in [-0.3, -0.25) is 0 Å². The Morgan fingerprint density at radius 3 is 0.872 bits per heavy atom. The second-order valence-electron chi connectivity index (χ2n) is 22.0. The van der Waals surface area contributed by atoms with Crippen LogP contribution in [0.4, 0.5) is 34.1 Å². The molecule has 0 amide bonds. The highest BCUT2D eigenvalue weighted by Gasteiger charge is 2.16. The molecule has 0 atom stereocenters. The van der Waals surface area contributed by atoms with Crippen molar-refractivity contribution < 1.29 is 0 Å². The van der Waals surface area contributed by atoms with Crippen molar-refractivity contribution in [1.29, 1.82) is 0 Å². The number of aryl methyl sites for hydroxylation is 2. The number of fused-ring (bicyclic) bond motifs is 2. The van der Waals surface area contributed by atoms with Crippen LogP contribution in [0, 0.1) is 13.8 Å². The predicted molar refractivity (Wildman–Crippen MR) is 371 cm³/mol. The Morgan fingerprint density at radius 1 is 0.233 bits per heavy atom. The van der Waals surface area contributed by atoms with Crippen LogP contribution in [0.2, 0.25) is 0 Å². The molecule has 0 aliphatic carbocycles. The monoisotopic (exact) mass is 1100 g/mol. The normalized spacial score (nSPS) is 11.9. The lowest BCUT2D eigenvalue weighted by molar-refractivity contribution is 1.27. The molecule has 13 aromatic carbocycles. The van der Waals surface area contributed by atoms with E-state index in [1.807, 2.05) is 0 Å². The summed E-state index contributed by atoms with van der Waals surface area (Å²) in [5.74, 6) is 0. The Hall–Kier alpha value is -11.1. The Bertz CT molecular complexity index is 4270. The van der Waals surface area contributed by atoms with E-state index in [9.17, 15) is 0 Å². The molecule has 0 bridgehead atoms. The number of hydrogen-bond acceptors (Lipinski definition) is 2. The second-order valence-corrected chi connectivity index (χ2v) is 22.0. The highest BCUT2D eigenvalue weighted by Crippen LogP contribution is 2.39. The molecule has 13 aromatic rings. The minimum absolute atomic E-state index is 1.09. The largest absolute Gasteiger partial charge is 0.311 e.